The Morgan fingerprint density at radius 1 is 0.405 bits per heavy atom. The van der Waals surface area contributed by atoms with E-state index in [1.807, 2.05) is 60.7 Å². The van der Waals surface area contributed by atoms with Crippen LogP contribution in [0.3, 0.4) is 0 Å². The summed E-state index contributed by atoms with van der Waals surface area (Å²) in [5, 5.41) is 1.85. The maximum Gasteiger partial charge on any atom is 0.115 e. The van der Waals surface area contributed by atoms with Gasteiger partial charge in [-0.15, -0.1) is 0 Å². The SMILES string of the molecule is c1ccc(-c2c3nsnc3c(-c3ccccc3)c3nc4c5cccnc5c5ncccc5c4nc23)cc1. The largest absolute Gasteiger partial charge is 0.254 e. The van der Waals surface area contributed by atoms with Gasteiger partial charge in [-0.2, -0.15) is 8.75 Å². The zero-order chi connectivity index (χ0) is 24.3. The lowest BCUT2D eigenvalue weighted by Crippen LogP contribution is -1.98. The molecule has 0 spiro atoms. The Balaban J connectivity index is 1.68. The minimum absolute atomic E-state index is 0.797. The minimum atomic E-state index is 0.797. The molecule has 6 nitrogen and oxygen atoms in total. The summed E-state index contributed by atoms with van der Waals surface area (Å²) in [6, 6.07) is 28.5. The second-order valence-electron chi connectivity index (χ2n) is 8.86. The molecule has 4 heterocycles. The van der Waals surface area contributed by atoms with Crippen molar-refractivity contribution in [1.29, 1.82) is 0 Å². The van der Waals surface area contributed by atoms with Gasteiger partial charge >= 0.3 is 0 Å². The fourth-order valence-corrected chi connectivity index (χ4v) is 5.79. The van der Waals surface area contributed by atoms with Crippen LogP contribution in [0, 0.1) is 0 Å². The molecule has 0 aliphatic rings. The van der Waals surface area contributed by atoms with Crippen molar-refractivity contribution >= 4 is 66.6 Å². The van der Waals surface area contributed by atoms with Crippen LogP contribution in [0.2, 0.25) is 0 Å². The number of fused-ring (bicyclic) bond motifs is 8. The van der Waals surface area contributed by atoms with E-state index < -0.39 is 0 Å². The zero-order valence-corrected chi connectivity index (χ0v) is 20.1. The molecule has 0 saturated carbocycles. The van der Waals surface area contributed by atoms with Crippen molar-refractivity contribution in [3.8, 4) is 22.3 Å². The highest BCUT2D eigenvalue weighted by Crippen LogP contribution is 2.43. The Bertz CT molecular complexity index is 1990. The maximum atomic E-state index is 5.35. The Morgan fingerprint density at radius 3 is 1.32 bits per heavy atom. The van der Waals surface area contributed by atoms with Gasteiger partial charge in [0.15, 0.2) is 0 Å². The number of pyridine rings is 2. The van der Waals surface area contributed by atoms with E-state index in [9.17, 15) is 0 Å². The highest BCUT2D eigenvalue weighted by molar-refractivity contribution is 7.00. The second kappa shape index (κ2) is 7.81. The quantitative estimate of drug-likeness (QED) is 0.187. The van der Waals surface area contributed by atoms with Crippen molar-refractivity contribution in [3.63, 3.8) is 0 Å². The van der Waals surface area contributed by atoms with Crippen LogP contribution >= 0.6 is 11.7 Å². The first-order chi connectivity index (χ1) is 18.4. The molecule has 0 aliphatic carbocycles. The lowest BCUT2D eigenvalue weighted by Gasteiger charge is -2.15. The normalized spacial score (nSPS) is 11.8. The molecule has 0 aliphatic heterocycles. The summed E-state index contributed by atoms with van der Waals surface area (Å²) in [4.78, 5) is 20.1. The Kier molecular flexibility index (Phi) is 4.29. The highest BCUT2D eigenvalue weighted by atomic mass is 32.1. The van der Waals surface area contributed by atoms with Crippen LogP contribution in [-0.2, 0) is 0 Å². The van der Waals surface area contributed by atoms with Crippen molar-refractivity contribution in [1.82, 2.24) is 28.7 Å². The fraction of sp³-hybridized carbons (Fsp3) is 0. The van der Waals surface area contributed by atoms with E-state index in [2.05, 4.69) is 34.2 Å². The van der Waals surface area contributed by atoms with Gasteiger partial charge in [0.2, 0.25) is 0 Å². The van der Waals surface area contributed by atoms with E-state index in [4.69, 9.17) is 18.7 Å². The standard InChI is InChI=1S/C30H16N6S/c1-3-9-17(10-4-1)21-27-28(22(18-11-5-2-6-12-18)30-29(21)35-37-36-30)34-26-20-14-8-16-32-24(20)23-19(25(26)33-27)13-7-15-31-23/h1-16H. The summed E-state index contributed by atoms with van der Waals surface area (Å²) in [6.45, 7) is 0. The van der Waals surface area contributed by atoms with Crippen LogP contribution in [-0.4, -0.2) is 28.7 Å². The van der Waals surface area contributed by atoms with Crippen molar-refractivity contribution in [2.45, 2.75) is 0 Å². The third-order valence-electron chi connectivity index (χ3n) is 6.81. The molecule has 0 radical (unpaired) electrons. The predicted octanol–water partition coefficient (Wildman–Crippen LogP) is 7.22. The topological polar surface area (TPSA) is 77.3 Å². The Hall–Kier alpha value is -4.88. The van der Waals surface area contributed by atoms with Crippen LogP contribution in [0.5, 0.6) is 0 Å². The number of rotatable bonds is 2. The van der Waals surface area contributed by atoms with E-state index >= 15 is 0 Å². The van der Waals surface area contributed by atoms with Crippen molar-refractivity contribution in [2.24, 2.45) is 0 Å². The van der Waals surface area contributed by atoms with E-state index in [1.54, 1.807) is 12.4 Å². The molecule has 8 rings (SSSR count). The summed E-state index contributed by atoms with van der Waals surface area (Å²) in [5.74, 6) is 0. The molecule has 0 saturated heterocycles. The number of nitrogens with zero attached hydrogens (tertiary/aromatic N) is 6. The van der Waals surface area contributed by atoms with Crippen molar-refractivity contribution in [3.05, 3.63) is 97.3 Å². The molecule has 172 valence electrons. The summed E-state index contributed by atoms with van der Waals surface area (Å²) >= 11 is 1.21. The molecule has 37 heavy (non-hydrogen) atoms. The van der Waals surface area contributed by atoms with E-state index in [0.29, 0.717) is 0 Å². The first kappa shape index (κ1) is 20.3. The number of hydrogen-bond acceptors (Lipinski definition) is 7. The lowest BCUT2D eigenvalue weighted by molar-refractivity contribution is 1.36. The van der Waals surface area contributed by atoms with E-state index in [-0.39, 0.29) is 0 Å². The summed E-state index contributed by atoms with van der Waals surface area (Å²) in [5.41, 5.74) is 10.4. The van der Waals surface area contributed by atoms with Gasteiger partial charge in [-0.1, -0.05) is 60.7 Å². The second-order valence-corrected chi connectivity index (χ2v) is 9.39. The van der Waals surface area contributed by atoms with E-state index in [1.165, 1.54) is 11.7 Å². The third kappa shape index (κ3) is 2.92. The number of hydrogen-bond donors (Lipinski definition) is 0. The van der Waals surface area contributed by atoms with Crippen LogP contribution < -0.4 is 0 Å². The highest BCUT2D eigenvalue weighted by Gasteiger charge is 2.24. The van der Waals surface area contributed by atoms with Crippen molar-refractivity contribution in [2.75, 3.05) is 0 Å². The summed E-state index contributed by atoms with van der Waals surface area (Å²) in [6.07, 6.45) is 3.59. The van der Waals surface area contributed by atoms with Gasteiger partial charge in [0.05, 0.1) is 33.8 Å². The molecular formula is C30H16N6S. The van der Waals surface area contributed by atoms with Gasteiger partial charge in [0.1, 0.15) is 22.1 Å². The van der Waals surface area contributed by atoms with Gasteiger partial charge in [-0.25, -0.2) is 9.97 Å². The van der Waals surface area contributed by atoms with E-state index in [0.717, 1.165) is 77.2 Å². The molecule has 0 unspecified atom stereocenters. The average Bonchev–Trinajstić information content (AvgIpc) is 3.45. The lowest BCUT2D eigenvalue weighted by atomic mass is 9.94. The first-order valence-corrected chi connectivity index (χ1v) is 12.6. The monoisotopic (exact) mass is 492 g/mol. The molecule has 0 atom stereocenters. The van der Waals surface area contributed by atoms with Crippen LogP contribution in [0.25, 0.3) is 77.2 Å². The van der Waals surface area contributed by atoms with Gasteiger partial charge in [0.25, 0.3) is 0 Å². The van der Waals surface area contributed by atoms with Gasteiger partial charge < -0.3 is 0 Å². The minimum Gasteiger partial charge on any atom is -0.254 e. The number of benzene rings is 4. The molecule has 0 amide bonds. The Morgan fingerprint density at radius 2 is 0.865 bits per heavy atom. The number of aromatic nitrogens is 6. The molecule has 4 aromatic carbocycles. The fourth-order valence-electron chi connectivity index (χ4n) is 5.23. The Labute approximate surface area is 214 Å². The van der Waals surface area contributed by atoms with Crippen molar-refractivity contribution < 1.29 is 0 Å². The smallest absolute Gasteiger partial charge is 0.115 e. The van der Waals surface area contributed by atoms with Gasteiger partial charge in [-0.05, 0) is 35.4 Å². The maximum absolute atomic E-state index is 5.35. The molecule has 0 bridgehead atoms. The van der Waals surface area contributed by atoms with Crippen LogP contribution in [0.1, 0.15) is 0 Å². The van der Waals surface area contributed by atoms with Crippen LogP contribution in [0.15, 0.2) is 97.3 Å². The first-order valence-electron chi connectivity index (χ1n) is 11.9. The zero-order valence-electron chi connectivity index (χ0n) is 19.3. The molecule has 0 N–H and O–H groups in total. The summed E-state index contributed by atoms with van der Waals surface area (Å²) in [7, 11) is 0. The molecule has 8 aromatic rings. The molecule has 7 heteroatoms. The average molecular weight is 493 g/mol. The van der Waals surface area contributed by atoms with Gasteiger partial charge in [0, 0.05) is 34.3 Å². The van der Waals surface area contributed by atoms with Gasteiger partial charge in [-0.3, -0.25) is 9.97 Å². The molecule has 0 fully saturated rings. The third-order valence-corrected chi connectivity index (χ3v) is 7.33. The molecular weight excluding hydrogens is 476 g/mol. The van der Waals surface area contributed by atoms with Crippen LogP contribution in [0.4, 0.5) is 0 Å². The summed E-state index contributed by atoms with van der Waals surface area (Å²) < 4.78 is 9.53. The predicted molar refractivity (Wildman–Crippen MR) is 149 cm³/mol. The molecule has 4 aromatic heterocycles.